The summed E-state index contributed by atoms with van der Waals surface area (Å²) < 4.78 is 33.6. The lowest BCUT2D eigenvalue weighted by molar-refractivity contribution is -0.384. The quantitative estimate of drug-likeness (QED) is 0.277. The van der Waals surface area contributed by atoms with E-state index >= 15 is 0 Å². The molecule has 12 nitrogen and oxygen atoms in total. The first-order valence-electron chi connectivity index (χ1n) is 12.5. The molecule has 1 fully saturated rings. The number of nitro benzene ring substituents is 1. The molecule has 1 heterocycles. The van der Waals surface area contributed by atoms with E-state index in [0.717, 1.165) is 34.1 Å². The number of alkyl carbamates (subject to hydrolysis) is 1. The van der Waals surface area contributed by atoms with E-state index in [4.69, 9.17) is 4.74 Å². The van der Waals surface area contributed by atoms with Gasteiger partial charge in [-0.25, -0.2) is 13.2 Å². The molecule has 2 aromatic carbocycles. The Morgan fingerprint density at radius 3 is 2.38 bits per heavy atom. The van der Waals surface area contributed by atoms with E-state index in [2.05, 4.69) is 10.6 Å². The van der Waals surface area contributed by atoms with E-state index in [-0.39, 0.29) is 35.9 Å². The number of aliphatic hydroxyl groups is 1. The van der Waals surface area contributed by atoms with Gasteiger partial charge in [0.25, 0.3) is 5.69 Å². The van der Waals surface area contributed by atoms with Crippen LogP contribution in [0.15, 0.2) is 59.5 Å². The highest BCUT2D eigenvalue weighted by molar-refractivity contribution is 7.89. The van der Waals surface area contributed by atoms with Crippen molar-refractivity contribution >= 4 is 27.7 Å². The molecule has 2 aromatic rings. The molecule has 212 valence electrons. The minimum Gasteiger partial charge on any atom is -0.444 e. The second-order valence-corrected chi connectivity index (χ2v) is 12.3. The number of nitrogens with one attached hydrogen (secondary N) is 2. The van der Waals surface area contributed by atoms with Crippen molar-refractivity contribution in [1.29, 1.82) is 0 Å². The van der Waals surface area contributed by atoms with Crippen LogP contribution >= 0.6 is 0 Å². The average molecular weight is 563 g/mol. The van der Waals surface area contributed by atoms with Crippen LogP contribution < -0.4 is 10.6 Å². The highest BCUT2D eigenvalue weighted by Gasteiger charge is 2.35. The first kappa shape index (κ1) is 30.0. The second-order valence-electron chi connectivity index (χ2n) is 10.4. The summed E-state index contributed by atoms with van der Waals surface area (Å²) >= 11 is 0. The van der Waals surface area contributed by atoms with E-state index in [0.29, 0.717) is 6.42 Å². The first-order chi connectivity index (χ1) is 18.2. The molecule has 0 bridgehead atoms. The average Bonchev–Trinajstić information content (AvgIpc) is 3.27. The van der Waals surface area contributed by atoms with Gasteiger partial charge in [-0.05, 0) is 51.3 Å². The van der Waals surface area contributed by atoms with Gasteiger partial charge in [0.2, 0.25) is 15.9 Å². The zero-order valence-electron chi connectivity index (χ0n) is 22.1. The number of non-ortho nitro benzene ring substituents is 1. The molecule has 3 N–H and O–H groups in total. The molecule has 13 heteroatoms. The molecular weight excluding hydrogens is 528 g/mol. The third-order valence-electron chi connectivity index (χ3n) is 6.05. The summed E-state index contributed by atoms with van der Waals surface area (Å²) in [6, 6.07) is 12.1. The number of nitro groups is 1. The Morgan fingerprint density at radius 1 is 1.21 bits per heavy atom. The topological polar surface area (TPSA) is 168 Å². The van der Waals surface area contributed by atoms with E-state index in [1.54, 1.807) is 32.9 Å². The van der Waals surface area contributed by atoms with Gasteiger partial charge in [-0.1, -0.05) is 30.3 Å². The van der Waals surface area contributed by atoms with Crippen molar-refractivity contribution in [2.24, 2.45) is 0 Å². The molecule has 0 saturated carbocycles. The summed E-state index contributed by atoms with van der Waals surface area (Å²) in [7, 11) is -4.25. The van der Waals surface area contributed by atoms with E-state index < -0.39 is 51.4 Å². The van der Waals surface area contributed by atoms with Crippen LogP contribution in [0.1, 0.15) is 39.2 Å². The maximum Gasteiger partial charge on any atom is 0.407 e. The van der Waals surface area contributed by atoms with Crippen molar-refractivity contribution < 1.29 is 32.8 Å². The van der Waals surface area contributed by atoms with Crippen LogP contribution in [0, 0.1) is 10.1 Å². The number of nitrogens with zero attached hydrogens (tertiary/aromatic N) is 2. The molecule has 0 aliphatic carbocycles. The van der Waals surface area contributed by atoms with E-state index in [1.165, 1.54) is 0 Å². The SMILES string of the molecule is CC(C)(C)OC(=O)N[C@@H](Cc1ccccc1)[C@H](O)CN(CC1CCC(=O)N1)S(=O)(=O)c1ccc([N+](=O)[O-])cc1. The van der Waals surface area contributed by atoms with Crippen LogP contribution in [0.3, 0.4) is 0 Å². The van der Waals surface area contributed by atoms with Crippen molar-refractivity contribution in [3.05, 3.63) is 70.3 Å². The number of carbonyl (C=O) groups is 2. The molecule has 1 aliphatic rings. The number of ether oxygens (including phenoxy) is 1. The third kappa shape index (κ3) is 8.73. The Morgan fingerprint density at radius 2 is 1.85 bits per heavy atom. The van der Waals surface area contributed by atoms with Crippen LogP contribution in [0.5, 0.6) is 0 Å². The van der Waals surface area contributed by atoms with Crippen LogP contribution in [0.4, 0.5) is 10.5 Å². The number of hydrogen-bond acceptors (Lipinski definition) is 8. The lowest BCUT2D eigenvalue weighted by Gasteiger charge is -2.31. The van der Waals surface area contributed by atoms with Gasteiger partial charge in [0.05, 0.1) is 22.0 Å². The molecule has 3 atom stereocenters. The fraction of sp³-hybridized carbons (Fsp3) is 0.462. The van der Waals surface area contributed by atoms with Gasteiger partial charge in [-0.2, -0.15) is 4.31 Å². The summed E-state index contributed by atoms with van der Waals surface area (Å²) in [5.41, 5.74) is -0.267. The number of rotatable bonds is 11. The molecule has 39 heavy (non-hydrogen) atoms. The standard InChI is InChI=1S/C26H34N4O8S/c1-26(2,3)38-25(33)28-22(15-18-7-5-4-6-8-18)23(31)17-29(16-19-9-14-24(32)27-19)39(36,37)21-12-10-20(11-13-21)30(34)35/h4-8,10-13,19,22-23,31H,9,14-17H2,1-3H3,(H,27,32)(H,28,33)/t19?,22-,23+/m0/s1. The molecule has 1 saturated heterocycles. The van der Waals surface area contributed by atoms with Gasteiger partial charge >= 0.3 is 6.09 Å². The highest BCUT2D eigenvalue weighted by Crippen LogP contribution is 2.22. The van der Waals surface area contributed by atoms with Crippen LogP contribution in [0.2, 0.25) is 0 Å². The number of benzene rings is 2. The number of hydrogen-bond donors (Lipinski definition) is 3. The minimum absolute atomic E-state index is 0.132. The summed E-state index contributed by atoms with van der Waals surface area (Å²) in [6.45, 7) is 4.54. The fourth-order valence-corrected chi connectivity index (χ4v) is 5.67. The number of sulfonamides is 1. The molecule has 3 rings (SSSR count). The lowest BCUT2D eigenvalue weighted by atomic mass is 10.0. The number of amides is 2. The van der Waals surface area contributed by atoms with Gasteiger partial charge < -0.3 is 20.5 Å². The van der Waals surface area contributed by atoms with E-state index in [9.17, 15) is 33.2 Å². The zero-order valence-corrected chi connectivity index (χ0v) is 22.9. The monoisotopic (exact) mass is 562 g/mol. The van der Waals surface area contributed by atoms with Crippen molar-refractivity contribution in [1.82, 2.24) is 14.9 Å². The Balaban J connectivity index is 1.89. The minimum atomic E-state index is -4.25. The fourth-order valence-electron chi connectivity index (χ4n) is 4.17. The predicted octanol–water partition coefficient (Wildman–Crippen LogP) is 2.36. The molecule has 0 radical (unpaired) electrons. The number of aliphatic hydroxyl groups excluding tert-OH is 1. The Kier molecular flexibility index (Phi) is 9.64. The summed E-state index contributed by atoms with van der Waals surface area (Å²) in [5, 5.41) is 27.7. The second kappa shape index (κ2) is 12.5. The Bertz CT molecular complexity index is 1260. The smallest absolute Gasteiger partial charge is 0.407 e. The summed E-state index contributed by atoms with van der Waals surface area (Å²) in [5.74, 6) is -0.207. The Hall–Kier alpha value is -3.55. The first-order valence-corrected chi connectivity index (χ1v) is 13.9. The molecule has 0 spiro atoms. The van der Waals surface area contributed by atoms with Gasteiger partial charge in [0, 0.05) is 37.7 Å². The highest BCUT2D eigenvalue weighted by atomic mass is 32.2. The van der Waals surface area contributed by atoms with Gasteiger partial charge in [0.1, 0.15) is 5.60 Å². The maximum absolute atomic E-state index is 13.6. The summed E-state index contributed by atoms with van der Waals surface area (Å²) in [4.78, 5) is 34.6. The molecule has 1 aliphatic heterocycles. The van der Waals surface area contributed by atoms with Gasteiger partial charge in [0.15, 0.2) is 0 Å². The van der Waals surface area contributed by atoms with Crippen LogP contribution in [-0.2, 0) is 26.0 Å². The van der Waals surface area contributed by atoms with Crippen molar-refractivity contribution in [3.63, 3.8) is 0 Å². The number of carbonyl (C=O) groups excluding carboxylic acids is 2. The van der Waals surface area contributed by atoms with Crippen molar-refractivity contribution in [2.75, 3.05) is 13.1 Å². The normalized spacial score (nSPS) is 17.4. The lowest BCUT2D eigenvalue weighted by Crippen LogP contribution is -2.53. The predicted molar refractivity (Wildman–Crippen MR) is 142 cm³/mol. The molecule has 0 aromatic heterocycles. The molecular formula is C26H34N4O8S. The molecule has 1 unspecified atom stereocenters. The van der Waals surface area contributed by atoms with E-state index in [1.807, 2.05) is 18.2 Å². The largest absolute Gasteiger partial charge is 0.444 e. The van der Waals surface area contributed by atoms with Crippen molar-refractivity contribution in [3.8, 4) is 0 Å². The van der Waals surface area contributed by atoms with Gasteiger partial charge in [-0.3, -0.25) is 14.9 Å². The Labute approximate surface area is 227 Å². The zero-order chi connectivity index (χ0) is 28.8. The van der Waals surface area contributed by atoms with Gasteiger partial charge in [-0.15, -0.1) is 0 Å². The maximum atomic E-state index is 13.6. The van der Waals surface area contributed by atoms with Crippen LogP contribution in [0.25, 0.3) is 0 Å². The molecule has 2 amide bonds. The van der Waals surface area contributed by atoms with Crippen LogP contribution in [-0.4, -0.2) is 71.6 Å². The summed E-state index contributed by atoms with van der Waals surface area (Å²) in [6.07, 6.45) is -1.30. The third-order valence-corrected chi connectivity index (χ3v) is 7.90. The van der Waals surface area contributed by atoms with Crippen molar-refractivity contribution in [2.45, 2.75) is 68.7 Å².